The summed E-state index contributed by atoms with van der Waals surface area (Å²) in [6.45, 7) is 5.82. The average Bonchev–Trinajstić information content (AvgIpc) is 2.65. The van der Waals surface area contributed by atoms with Crippen molar-refractivity contribution in [3.63, 3.8) is 0 Å². The van der Waals surface area contributed by atoms with Gasteiger partial charge >= 0.3 is 11.9 Å². The molecule has 7 nitrogen and oxygen atoms in total. The maximum Gasteiger partial charge on any atom is 0.310 e. The Hall–Kier alpha value is -1.99. The first-order valence-corrected chi connectivity index (χ1v) is 10.8. The fourth-order valence-corrected chi connectivity index (χ4v) is 4.41. The van der Waals surface area contributed by atoms with Gasteiger partial charge in [-0.25, -0.2) is 0 Å². The normalized spacial score (nSPS) is 30.0. The van der Waals surface area contributed by atoms with Crippen LogP contribution in [0.25, 0.3) is 0 Å². The molecule has 2 rings (SSSR count). The third kappa shape index (κ3) is 6.51. The Balaban J connectivity index is 2.10. The van der Waals surface area contributed by atoms with Crippen molar-refractivity contribution in [2.24, 2.45) is 23.7 Å². The highest BCUT2D eigenvalue weighted by atomic mass is 16.5. The third-order valence-electron chi connectivity index (χ3n) is 6.30. The van der Waals surface area contributed by atoms with Gasteiger partial charge in [0.15, 0.2) is 0 Å². The van der Waals surface area contributed by atoms with Crippen molar-refractivity contribution in [2.45, 2.75) is 77.6 Å². The summed E-state index contributed by atoms with van der Waals surface area (Å²) in [7, 11) is 0. The summed E-state index contributed by atoms with van der Waals surface area (Å²) in [6.07, 6.45) is 5.03. The van der Waals surface area contributed by atoms with Gasteiger partial charge in [0.2, 0.25) is 0 Å². The van der Waals surface area contributed by atoms with Crippen molar-refractivity contribution in [1.82, 2.24) is 0 Å². The molecule has 0 aromatic heterocycles. The molecule has 0 fully saturated rings. The van der Waals surface area contributed by atoms with Gasteiger partial charge in [-0.2, -0.15) is 0 Å². The molecule has 0 heterocycles. The quantitative estimate of drug-likeness (QED) is 0.365. The molecule has 168 valence electrons. The zero-order chi connectivity index (χ0) is 22.4. The van der Waals surface area contributed by atoms with Crippen molar-refractivity contribution in [1.29, 1.82) is 0 Å². The van der Waals surface area contributed by atoms with Gasteiger partial charge in [-0.15, -0.1) is 0 Å². The van der Waals surface area contributed by atoms with Gasteiger partial charge in [0, 0.05) is 18.8 Å². The molecule has 0 radical (unpaired) electrons. The van der Waals surface area contributed by atoms with Crippen molar-refractivity contribution in [3.8, 4) is 0 Å². The molecule has 7 heteroatoms. The summed E-state index contributed by atoms with van der Waals surface area (Å²) in [4.78, 5) is 34.7. The Bertz CT molecular complexity index is 696. The Morgan fingerprint density at radius 1 is 1.30 bits per heavy atom. The number of aliphatic hydroxyl groups is 2. The fourth-order valence-electron chi connectivity index (χ4n) is 4.41. The van der Waals surface area contributed by atoms with E-state index in [1.54, 1.807) is 6.08 Å². The summed E-state index contributed by atoms with van der Waals surface area (Å²) >= 11 is 0. The molecular formula is C23H34O7. The topological polar surface area (TPSA) is 121 Å². The first-order chi connectivity index (χ1) is 14.1. The molecule has 0 aliphatic heterocycles. The van der Waals surface area contributed by atoms with Crippen LogP contribution in [-0.2, 0) is 19.1 Å². The number of fused-ring (bicyclic) bond motifs is 1. The number of ether oxygens (including phenoxy) is 1. The molecule has 0 spiro atoms. The third-order valence-corrected chi connectivity index (χ3v) is 6.30. The lowest BCUT2D eigenvalue weighted by molar-refractivity contribution is -0.159. The van der Waals surface area contributed by atoms with Crippen LogP contribution in [0.4, 0.5) is 0 Å². The number of carbonyl (C=O) groups is 3. The molecule has 30 heavy (non-hydrogen) atoms. The standard InChI is InChI=1S/C23H34O7/c1-4-13(2)23(29)30-20-11-17(25)9-15-6-5-14(3)19(22(15)20)8-7-16(24)10-18(26)12-21(27)28/h5-6,9,13-14,16-17,19-20,22,24-25H,4,7-8,10-12H2,1-3H3,(H,27,28)/t13-,14-,16+,17+,19-,20-,22-/m0/s1. The molecule has 2 aliphatic rings. The Morgan fingerprint density at radius 2 is 2.00 bits per heavy atom. The van der Waals surface area contributed by atoms with Crippen LogP contribution in [-0.4, -0.2) is 51.4 Å². The van der Waals surface area contributed by atoms with E-state index in [1.807, 2.05) is 19.9 Å². The number of ketones is 1. The minimum absolute atomic E-state index is 0.0766. The van der Waals surface area contributed by atoms with E-state index in [0.717, 1.165) is 5.57 Å². The largest absolute Gasteiger partial charge is 0.481 e. The summed E-state index contributed by atoms with van der Waals surface area (Å²) in [5, 5.41) is 29.2. The molecule has 0 saturated carbocycles. The van der Waals surface area contributed by atoms with Gasteiger partial charge in [-0.05, 0) is 36.7 Å². The minimum atomic E-state index is -1.19. The smallest absolute Gasteiger partial charge is 0.310 e. The molecular weight excluding hydrogens is 388 g/mol. The number of hydrogen-bond donors (Lipinski definition) is 3. The predicted molar refractivity (Wildman–Crippen MR) is 110 cm³/mol. The number of rotatable bonds is 10. The number of aliphatic hydroxyl groups excluding tert-OH is 2. The van der Waals surface area contributed by atoms with Crippen LogP contribution in [0.15, 0.2) is 23.8 Å². The molecule has 7 atom stereocenters. The lowest BCUT2D eigenvalue weighted by Gasteiger charge is -2.43. The van der Waals surface area contributed by atoms with Crippen LogP contribution in [0.1, 0.15) is 59.3 Å². The molecule has 3 N–H and O–H groups in total. The second-order valence-electron chi connectivity index (χ2n) is 8.71. The van der Waals surface area contributed by atoms with Crippen LogP contribution in [0.5, 0.6) is 0 Å². The maximum absolute atomic E-state index is 12.4. The van der Waals surface area contributed by atoms with E-state index >= 15 is 0 Å². The number of allylic oxidation sites excluding steroid dienone is 2. The number of carboxylic acids is 1. The van der Waals surface area contributed by atoms with Crippen LogP contribution in [0.2, 0.25) is 0 Å². The van der Waals surface area contributed by atoms with Crippen molar-refractivity contribution >= 4 is 17.7 Å². The van der Waals surface area contributed by atoms with Crippen LogP contribution >= 0.6 is 0 Å². The number of hydrogen-bond acceptors (Lipinski definition) is 6. The fraction of sp³-hybridized carbons (Fsp3) is 0.696. The second-order valence-corrected chi connectivity index (χ2v) is 8.71. The van der Waals surface area contributed by atoms with Crippen LogP contribution < -0.4 is 0 Å². The van der Waals surface area contributed by atoms with E-state index in [-0.39, 0.29) is 36.1 Å². The van der Waals surface area contributed by atoms with Gasteiger partial charge in [0.05, 0.1) is 18.1 Å². The summed E-state index contributed by atoms with van der Waals surface area (Å²) in [5.74, 6) is -2.00. The molecule has 0 aromatic rings. The second kappa shape index (κ2) is 10.9. The van der Waals surface area contributed by atoms with E-state index in [9.17, 15) is 24.6 Å². The van der Waals surface area contributed by atoms with E-state index < -0.39 is 36.5 Å². The highest BCUT2D eigenvalue weighted by Crippen LogP contribution is 2.44. The lowest BCUT2D eigenvalue weighted by Crippen LogP contribution is -2.43. The lowest BCUT2D eigenvalue weighted by atomic mass is 9.66. The number of carboxylic acid groups (broad SMARTS) is 1. The van der Waals surface area contributed by atoms with Gasteiger partial charge in [0.1, 0.15) is 18.3 Å². The van der Waals surface area contributed by atoms with Crippen LogP contribution in [0.3, 0.4) is 0 Å². The predicted octanol–water partition coefficient (Wildman–Crippen LogP) is 2.65. The maximum atomic E-state index is 12.4. The molecule has 2 aliphatic carbocycles. The number of aliphatic carboxylic acids is 1. The minimum Gasteiger partial charge on any atom is -0.481 e. The Labute approximate surface area is 177 Å². The number of esters is 1. The van der Waals surface area contributed by atoms with E-state index in [2.05, 4.69) is 13.0 Å². The zero-order valence-corrected chi connectivity index (χ0v) is 18.0. The van der Waals surface area contributed by atoms with E-state index in [0.29, 0.717) is 25.7 Å². The zero-order valence-electron chi connectivity index (χ0n) is 18.0. The van der Waals surface area contributed by atoms with Gasteiger partial charge < -0.3 is 20.1 Å². The SMILES string of the molecule is CC[C@H](C)C(=O)O[C@H]1C[C@H](O)C=C2C=C[C@H](C)[C@H](CC[C@@H](O)CC(=O)CC(=O)O)[C@H]21. The molecule has 0 bridgehead atoms. The number of Topliss-reactive ketones (excluding diaryl/α,β-unsaturated/α-hetero) is 1. The van der Waals surface area contributed by atoms with Gasteiger partial charge in [-0.1, -0.05) is 39.0 Å². The van der Waals surface area contributed by atoms with Crippen molar-refractivity contribution in [2.75, 3.05) is 0 Å². The molecule has 0 amide bonds. The monoisotopic (exact) mass is 422 g/mol. The van der Waals surface area contributed by atoms with Crippen molar-refractivity contribution < 1.29 is 34.4 Å². The summed E-state index contributed by atoms with van der Waals surface area (Å²) in [5.41, 5.74) is 0.940. The molecule has 0 unspecified atom stereocenters. The number of carbonyl (C=O) groups excluding carboxylic acids is 2. The van der Waals surface area contributed by atoms with Gasteiger partial charge in [0.25, 0.3) is 0 Å². The highest BCUT2D eigenvalue weighted by molar-refractivity contribution is 5.94. The van der Waals surface area contributed by atoms with Crippen molar-refractivity contribution in [3.05, 3.63) is 23.8 Å². The first-order valence-electron chi connectivity index (χ1n) is 10.8. The Morgan fingerprint density at radius 3 is 2.63 bits per heavy atom. The Kier molecular flexibility index (Phi) is 8.79. The van der Waals surface area contributed by atoms with Crippen LogP contribution in [0, 0.1) is 23.7 Å². The van der Waals surface area contributed by atoms with E-state index in [4.69, 9.17) is 9.84 Å². The molecule has 0 saturated heterocycles. The van der Waals surface area contributed by atoms with Gasteiger partial charge in [-0.3, -0.25) is 14.4 Å². The molecule has 0 aromatic carbocycles. The summed E-state index contributed by atoms with van der Waals surface area (Å²) < 4.78 is 5.82. The highest BCUT2D eigenvalue weighted by Gasteiger charge is 2.42. The summed E-state index contributed by atoms with van der Waals surface area (Å²) in [6, 6.07) is 0. The average molecular weight is 423 g/mol. The first kappa shape index (κ1) is 24.3. The van der Waals surface area contributed by atoms with E-state index in [1.165, 1.54) is 0 Å².